The van der Waals surface area contributed by atoms with Gasteiger partial charge in [-0.25, -0.2) is 0 Å². The van der Waals surface area contributed by atoms with Gasteiger partial charge in [0.15, 0.2) is 0 Å². The first-order chi connectivity index (χ1) is 1.00. The van der Waals surface area contributed by atoms with E-state index in [1.54, 1.807) is 0 Å². The number of terminal acetylenes is 1. The van der Waals surface area contributed by atoms with Gasteiger partial charge in [-0.1, -0.05) is 0 Å². The molecule has 0 nitrogen and oxygen atoms in total. The zero-order valence-corrected chi connectivity index (χ0v) is 3.15. The van der Waals surface area contributed by atoms with Crippen LogP contribution in [0.2, 0.25) is 0 Å². The van der Waals surface area contributed by atoms with Crippen molar-refractivity contribution >= 4 is 0 Å². The molecule has 0 aliphatic heterocycles. The maximum Gasteiger partial charge on any atom is 1.00 e. The number of hydrogen-bond acceptors (Lipinski definition) is 0. The summed E-state index contributed by atoms with van der Waals surface area (Å²) in [5.41, 5.74) is 0. The van der Waals surface area contributed by atoms with Crippen LogP contribution >= 0.6 is 0 Å². The second kappa shape index (κ2) is 50.0. The Morgan fingerprint density at radius 2 is 1.00 bits per heavy atom. The molecule has 0 radical (unpaired) electrons. The second-order valence-corrected chi connectivity index (χ2v) is 0. The van der Waals surface area contributed by atoms with E-state index in [-0.39, 0.29) is 40.6 Å². The molecule has 0 aliphatic rings. The van der Waals surface area contributed by atoms with Crippen molar-refractivity contribution in [1.29, 1.82) is 0 Å². The topological polar surface area (TPSA) is 0 Å². The predicted octanol–water partition coefficient (Wildman–Crippen LogP) is -5.52. The van der Waals surface area contributed by atoms with E-state index in [1.165, 1.54) is 0 Å². The van der Waals surface area contributed by atoms with Crippen molar-refractivity contribution in [2.24, 2.45) is 0 Å². The molecule has 0 spiro atoms. The molecule has 0 amide bonds. The normalized spacial score (nSPS) is 0.500. The third-order valence-corrected chi connectivity index (χ3v) is 0. The Kier molecular flexibility index (Phi) is 272. The maximum absolute atomic E-state index is 4.00. The molecule has 0 aliphatic carbocycles. The standard InChI is InChI=1S/C2H2.2Li.2H/c1-2;;;;/h1-2H;;;;/q;2*+1;2*-1. The smallest absolute Gasteiger partial charge is 1.00 e. The Hall–Kier alpha value is 0.755. The fraction of sp³-hybridized carbons (Fsp3) is 0. The summed E-state index contributed by atoms with van der Waals surface area (Å²) in [4.78, 5) is 0. The van der Waals surface area contributed by atoms with Crippen LogP contribution < -0.4 is 37.7 Å². The summed E-state index contributed by atoms with van der Waals surface area (Å²) < 4.78 is 0. The third kappa shape index (κ3) is 14.9. The van der Waals surface area contributed by atoms with Gasteiger partial charge in [0.25, 0.3) is 0 Å². The van der Waals surface area contributed by atoms with E-state index in [0.717, 1.165) is 0 Å². The minimum Gasteiger partial charge on any atom is -1.00 e. The predicted molar refractivity (Wildman–Crippen MR) is 12.1 cm³/mol. The van der Waals surface area contributed by atoms with Crippen molar-refractivity contribution in [2.45, 2.75) is 0 Å². The van der Waals surface area contributed by atoms with E-state index in [4.69, 9.17) is 0 Å². The summed E-state index contributed by atoms with van der Waals surface area (Å²) in [5.74, 6) is 0. The molecule has 0 aromatic carbocycles. The van der Waals surface area contributed by atoms with Gasteiger partial charge in [0.1, 0.15) is 0 Å². The molecule has 14 valence electrons. The van der Waals surface area contributed by atoms with Gasteiger partial charge in [0, 0.05) is 0 Å². The third-order valence-electron chi connectivity index (χ3n) is 0. The average Bonchev–Trinajstić information content (AvgIpc) is 1.00. The molecule has 4 heavy (non-hydrogen) atoms. The van der Waals surface area contributed by atoms with Crippen LogP contribution in [0.1, 0.15) is 2.85 Å². The molecule has 0 atom stereocenters. The summed E-state index contributed by atoms with van der Waals surface area (Å²) in [6.07, 6.45) is 8.00. The van der Waals surface area contributed by atoms with Crippen molar-refractivity contribution < 1.29 is 40.6 Å². The van der Waals surface area contributed by atoms with Crippen LogP contribution in [0.3, 0.4) is 0 Å². The van der Waals surface area contributed by atoms with Crippen LogP contribution in [-0.2, 0) is 0 Å². The van der Waals surface area contributed by atoms with Crippen LogP contribution in [-0.4, -0.2) is 0 Å². The Morgan fingerprint density at radius 1 is 1.00 bits per heavy atom. The van der Waals surface area contributed by atoms with Crippen molar-refractivity contribution in [3.05, 3.63) is 0 Å². The first-order valence-electron chi connectivity index (χ1n) is 0.333. The molecule has 0 fully saturated rings. The van der Waals surface area contributed by atoms with Crippen LogP contribution in [0.25, 0.3) is 0 Å². The fourth-order valence-corrected chi connectivity index (χ4v) is 0. The number of rotatable bonds is 0. The SMILES string of the molecule is C#C.[H-].[H-].[Li+].[Li+]. The van der Waals surface area contributed by atoms with Gasteiger partial charge in [0.05, 0.1) is 0 Å². The Labute approximate surface area is 53.7 Å². The van der Waals surface area contributed by atoms with Crippen molar-refractivity contribution in [3.63, 3.8) is 0 Å². The van der Waals surface area contributed by atoms with Crippen LogP contribution in [0.4, 0.5) is 0 Å². The molecule has 0 aromatic rings. The molecular formula is C2H4Li2. The molecule has 0 bridgehead atoms. The summed E-state index contributed by atoms with van der Waals surface area (Å²) in [5, 5.41) is 0. The first-order valence-corrected chi connectivity index (χ1v) is 0.333. The first kappa shape index (κ1) is 21.8. The molecular weight excluding hydrogens is 37.9 g/mol. The van der Waals surface area contributed by atoms with E-state index < -0.39 is 0 Å². The second-order valence-electron chi connectivity index (χ2n) is 0. The quantitative estimate of drug-likeness (QED) is 0.187. The van der Waals surface area contributed by atoms with Gasteiger partial charge >= 0.3 is 37.7 Å². The van der Waals surface area contributed by atoms with Crippen molar-refractivity contribution in [1.82, 2.24) is 0 Å². The van der Waals surface area contributed by atoms with Gasteiger partial charge in [0.2, 0.25) is 0 Å². The summed E-state index contributed by atoms with van der Waals surface area (Å²) in [6.45, 7) is 0. The zero-order chi connectivity index (χ0) is 2.00. The van der Waals surface area contributed by atoms with Gasteiger partial charge in [-0.3, -0.25) is 0 Å². The van der Waals surface area contributed by atoms with E-state index >= 15 is 0 Å². The van der Waals surface area contributed by atoms with Crippen LogP contribution in [0, 0.1) is 12.8 Å². The van der Waals surface area contributed by atoms with Crippen molar-refractivity contribution in [2.75, 3.05) is 0 Å². The van der Waals surface area contributed by atoms with Gasteiger partial charge < -0.3 is 2.85 Å². The van der Waals surface area contributed by atoms with E-state index in [2.05, 4.69) is 12.8 Å². The Balaban J connectivity index is -0.000000000833. The van der Waals surface area contributed by atoms with Crippen LogP contribution in [0.5, 0.6) is 0 Å². The minimum absolute atomic E-state index is 0. The summed E-state index contributed by atoms with van der Waals surface area (Å²) in [7, 11) is 0. The van der Waals surface area contributed by atoms with E-state index in [9.17, 15) is 0 Å². The maximum atomic E-state index is 4.00. The van der Waals surface area contributed by atoms with Crippen molar-refractivity contribution in [3.8, 4) is 12.8 Å². The van der Waals surface area contributed by atoms with E-state index in [1.807, 2.05) is 0 Å². The molecule has 0 N–H and O–H groups in total. The van der Waals surface area contributed by atoms with Gasteiger partial charge in [-0.05, 0) is 0 Å². The molecule has 0 aromatic heterocycles. The molecule has 0 unspecified atom stereocenters. The monoisotopic (exact) mass is 42.1 g/mol. The molecule has 0 rings (SSSR count). The zero-order valence-electron chi connectivity index (χ0n) is 5.15. The summed E-state index contributed by atoms with van der Waals surface area (Å²) >= 11 is 0. The number of hydrogen-bond donors (Lipinski definition) is 0. The average molecular weight is 41.9 g/mol. The van der Waals surface area contributed by atoms with Crippen LogP contribution in [0.15, 0.2) is 0 Å². The summed E-state index contributed by atoms with van der Waals surface area (Å²) in [6, 6.07) is 0. The molecule has 2 heteroatoms. The van der Waals surface area contributed by atoms with E-state index in [0.29, 0.717) is 0 Å². The Bertz CT molecular complexity index is 14.3. The van der Waals surface area contributed by atoms with Gasteiger partial charge in [-0.15, -0.1) is 12.8 Å². The molecule has 0 heterocycles. The fourth-order valence-electron chi connectivity index (χ4n) is 0. The molecule has 0 saturated heterocycles. The minimum atomic E-state index is 0. The molecule has 0 saturated carbocycles. The van der Waals surface area contributed by atoms with Gasteiger partial charge in [-0.2, -0.15) is 0 Å². The largest absolute Gasteiger partial charge is 1.00 e. The Morgan fingerprint density at radius 3 is 1.00 bits per heavy atom.